The van der Waals surface area contributed by atoms with Crippen molar-refractivity contribution in [3.8, 4) is 5.75 Å². The molecule has 2 atom stereocenters. The van der Waals surface area contributed by atoms with Crippen molar-refractivity contribution in [2.75, 3.05) is 44.5 Å². The van der Waals surface area contributed by atoms with Gasteiger partial charge >= 0.3 is 0 Å². The van der Waals surface area contributed by atoms with E-state index in [1.807, 2.05) is 12.1 Å². The summed E-state index contributed by atoms with van der Waals surface area (Å²) in [5, 5.41) is 0. The second-order valence-corrected chi connectivity index (χ2v) is 5.56. The Morgan fingerprint density at radius 2 is 1.70 bits per heavy atom. The molecule has 0 N–H and O–H groups in total. The van der Waals surface area contributed by atoms with Gasteiger partial charge in [-0.15, -0.1) is 0 Å². The van der Waals surface area contributed by atoms with Crippen LogP contribution in [0.2, 0.25) is 0 Å². The third-order valence-electron chi connectivity index (χ3n) is 3.87. The average molecular weight is 277 g/mol. The average Bonchev–Trinajstić information content (AvgIpc) is 3.29. The minimum absolute atomic E-state index is 0.297. The first-order chi connectivity index (χ1) is 9.88. The predicted octanol–water partition coefficient (Wildman–Crippen LogP) is 1.07. The first kappa shape index (κ1) is 12.4. The molecular weight excluding hydrogens is 258 g/mol. The van der Waals surface area contributed by atoms with Gasteiger partial charge in [-0.25, -0.2) is 0 Å². The smallest absolute Gasteiger partial charge is 0.119 e. The SMILES string of the molecule is c1cc(N(CC2CO2)C2COC2)ccc1OCC1CO1. The summed E-state index contributed by atoms with van der Waals surface area (Å²) in [5.41, 5.74) is 1.21. The van der Waals surface area contributed by atoms with Crippen LogP contribution in [0.3, 0.4) is 0 Å². The second-order valence-electron chi connectivity index (χ2n) is 5.56. The summed E-state index contributed by atoms with van der Waals surface area (Å²) >= 11 is 0. The van der Waals surface area contributed by atoms with Crippen LogP contribution in [0, 0.1) is 0 Å². The highest BCUT2D eigenvalue weighted by atomic mass is 16.6. The van der Waals surface area contributed by atoms with Crippen LogP contribution in [0.4, 0.5) is 5.69 Å². The summed E-state index contributed by atoms with van der Waals surface area (Å²) < 4.78 is 21.5. The molecule has 3 fully saturated rings. The molecule has 2 unspecified atom stereocenters. The van der Waals surface area contributed by atoms with Crippen molar-refractivity contribution in [1.82, 2.24) is 0 Å². The van der Waals surface area contributed by atoms with E-state index in [9.17, 15) is 0 Å². The maximum atomic E-state index is 5.67. The maximum Gasteiger partial charge on any atom is 0.119 e. The lowest BCUT2D eigenvalue weighted by Crippen LogP contribution is -2.50. The van der Waals surface area contributed by atoms with Gasteiger partial charge in [0.05, 0.1) is 38.6 Å². The van der Waals surface area contributed by atoms with Crippen LogP contribution in [0.25, 0.3) is 0 Å². The van der Waals surface area contributed by atoms with Crippen molar-refractivity contribution in [2.24, 2.45) is 0 Å². The fourth-order valence-electron chi connectivity index (χ4n) is 2.35. The molecule has 5 heteroatoms. The van der Waals surface area contributed by atoms with E-state index in [1.54, 1.807) is 0 Å². The zero-order valence-corrected chi connectivity index (χ0v) is 11.4. The van der Waals surface area contributed by atoms with Crippen molar-refractivity contribution in [2.45, 2.75) is 18.2 Å². The van der Waals surface area contributed by atoms with Gasteiger partial charge in [-0.2, -0.15) is 0 Å². The highest BCUT2D eigenvalue weighted by molar-refractivity contribution is 5.50. The number of hydrogen-bond donors (Lipinski definition) is 0. The molecular formula is C15H19NO4. The molecule has 4 rings (SSSR count). The van der Waals surface area contributed by atoms with E-state index in [0.29, 0.717) is 24.9 Å². The van der Waals surface area contributed by atoms with Gasteiger partial charge in [-0.3, -0.25) is 0 Å². The lowest BCUT2D eigenvalue weighted by atomic mass is 10.1. The van der Waals surface area contributed by atoms with Crippen LogP contribution in [0.5, 0.6) is 5.75 Å². The van der Waals surface area contributed by atoms with Crippen molar-refractivity contribution < 1.29 is 18.9 Å². The molecule has 0 saturated carbocycles. The minimum Gasteiger partial charge on any atom is -0.491 e. The Morgan fingerprint density at radius 3 is 2.25 bits per heavy atom. The zero-order valence-electron chi connectivity index (χ0n) is 11.4. The summed E-state index contributed by atoms with van der Waals surface area (Å²) in [6.45, 7) is 4.93. The van der Waals surface area contributed by atoms with Crippen LogP contribution in [0.1, 0.15) is 0 Å². The fraction of sp³-hybridized carbons (Fsp3) is 0.600. The molecule has 0 aliphatic carbocycles. The Hall–Kier alpha value is -1.30. The largest absolute Gasteiger partial charge is 0.491 e. The van der Waals surface area contributed by atoms with Crippen LogP contribution in [0.15, 0.2) is 24.3 Å². The molecule has 5 nitrogen and oxygen atoms in total. The summed E-state index contributed by atoms with van der Waals surface area (Å²) in [4.78, 5) is 2.38. The highest BCUT2D eigenvalue weighted by Crippen LogP contribution is 2.26. The van der Waals surface area contributed by atoms with Gasteiger partial charge in [-0.05, 0) is 24.3 Å². The molecule has 0 amide bonds. The summed E-state index contributed by atoms with van der Waals surface area (Å²) in [7, 11) is 0. The molecule has 108 valence electrons. The molecule has 1 aromatic carbocycles. The van der Waals surface area contributed by atoms with Crippen LogP contribution < -0.4 is 9.64 Å². The van der Waals surface area contributed by atoms with Crippen LogP contribution >= 0.6 is 0 Å². The summed E-state index contributed by atoms with van der Waals surface area (Å²) in [6, 6.07) is 8.76. The molecule has 3 heterocycles. The van der Waals surface area contributed by atoms with E-state index in [-0.39, 0.29) is 0 Å². The standard InChI is InChI=1S/C15H19NO4/c1-3-13(18-9-15-10-20-15)4-2-11(1)16(5-14-8-19-14)12-6-17-7-12/h1-4,12,14-15H,5-10H2. The summed E-state index contributed by atoms with van der Waals surface area (Å²) in [6.07, 6.45) is 0.684. The lowest BCUT2D eigenvalue weighted by Gasteiger charge is -2.38. The van der Waals surface area contributed by atoms with Gasteiger partial charge in [0.15, 0.2) is 0 Å². The van der Waals surface area contributed by atoms with E-state index < -0.39 is 0 Å². The molecule has 3 saturated heterocycles. The molecule has 0 aromatic heterocycles. The topological polar surface area (TPSA) is 46.8 Å². The third-order valence-corrected chi connectivity index (χ3v) is 3.87. The van der Waals surface area contributed by atoms with Gasteiger partial charge in [0.2, 0.25) is 0 Å². The van der Waals surface area contributed by atoms with Crippen molar-refractivity contribution in [1.29, 1.82) is 0 Å². The zero-order chi connectivity index (χ0) is 13.4. The molecule has 20 heavy (non-hydrogen) atoms. The molecule has 3 aliphatic heterocycles. The fourth-order valence-corrected chi connectivity index (χ4v) is 2.35. The highest BCUT2D eigenvalue weighted by Gasteiger charge is 2.32. The van der Waals surface area contributed by atoms with Crippen molar-refractivity contribution in [3.63, 3.8) is 0 Å². The number of nitrogens with zero attached hydrogens (tertiary/aromatic N) is 1. The number of anilines is 1. The molecule has 1 aromatic rings. The number of rotatable bonds is 7. The van der Waals surface area contributed by atoms with Gasteiger partial charge < -0.3 is 23.8 Å². The normalized spacial score (nSPS) is 27.8. The predicted molar refractivity (Wildman–Crippen MR) is 73.4 cm³/mol. The molecule has 0 radical (unpaired) electrons. The molecule has 0 bridgehead atoms. The van der Waals surface area contributed by atoms with E-state index in [1.165, 1.54) is 5.69 Å². The second kappa shape index (κ2) is 5.24. The molecule has 3 aliphatic rings. The van der Waals surface area contributed by atoms with Crippen molar-refractivity contribution in [3.05, 3.63) is 24.3 Å². The van der Waals surface area contributed by atoms with Crippen LogP contribution in [-0.4, -0.2) is 57.8 Å². The van der Waals surface area contributed by atoms with Gasteiger partial charge in [0.1, 0.15) is 18.5 Å². The first-order valence-corrected chi connectivity index (χ1v) is 7.19. The van der Waals surface area contributed by atoms with E-state index in [4.69, 9.17) is 18.9 Å². The number of benzene rings is 1. The van der Waals surface area contributed by atoms with Crippen molar-refractivity contribution >= 4 is 5.69 Å². The number of ether oxygens (including phenoxy) is 4. The van der Waals surface area contributed by atoms with Gasteiger partial charge in [0.25, 0.3) is 0 Å². The monoisotopic (exact) mass is 277 g/mol. The Balaban J connectivity index is 1.41. The Kier molecular flexibility index (Phi) is 3.26. The Labute approximate surface area is 118 Å². The first-order valence-electron chi connectivity index (χ1n) is 7.19. The number of hydrogen-bond acceptors (Lipinski definition) is 5. The lowest BCUT2D eigenvalue weighted by molar-refractivity contribution is 0.00764. The maximum absolute atomic E-state index is 5.67. The van der Waals surface area contributed by atoms with E-state index >= 15 is 0 Å². The third kappa shape index (κ3) is 2.90. The minimum atomic E-state index is 0.297. The van der Waals surface area contributed by atoms with Gasteiger partial charge in [0, 0.05) is 12.2 Å². The van der Waals surface area contributed by atoms with Gasteiger partial charge in [-0.1, -0.05) is 0 Å². The Bertz CT molecular complexity index is 451. The quantitative estimate of drug-likeness (QED) is 0.698. The van der Waals surface area contributed by atoms with E-state index in [2.05, 4.69) is 17.0 Å². The van der Waals surface area contributed by atoms with Crippen LogP contribution in [-0.2, 0) is 14.2 Å². The molecule has 0 spiro atoms. The summed E-state index contributed by atoms with van der Waals surface area (Å²) in [5.74, 6) is 0.900. The number of epoxide rings is 2. The van der Waals surface area contributed by atoms with E-state index in [0.717, 1.165) is 38.7 Å². The Morgan fingerprint density at radius 1 is 1.00 bits per heavy atom.